The van der Waals surface area contributed by atoms with Crippen molar-refractivity contribution in [1.82, 2.24) is 5.32 Å². The number of nitrogens with one attached hydrogen (secondary N) is 1. The molecule has 0 aromatic heterocycles. The van der Waals surface area contributed by atoms with Crippen LogP contribution in [0.25, 0.3) is 0 Å². The molecule has 0 heterocycles. The molecular formula is C23H31NO4. The molecule has 1 amide bonds. The summed E-state index contributed by atoms with van der Waals surface area (Å²) >= 11 is 0. The van der Waals surface area contributed by atoms with Gasteiger partial charge in [-0.1, -0.05) is 38.1 Å². The highest BCUT2D eigenvalue weighted by Gasteiger charge is 2.22. The van der Waals surface area contributed by atoms with Gasteiger partial charge >= 0.3 is 6.09 Å². The van der Waals surface area contributed by atoms with Crippen LogP contribution in [0.1, 0.15) is 56.6 Å². The van der Waals surface area contributed by atoms with Crippen molar-refractivity contribution in [2.75, 3.05) is 19.8 Å². The van der Waals surface area contributed by atoms with Gasteiger partial charge in [0.1, 0.15) is 18.1 Å². The Kier molecular flexibility index (Phi) is 8.66. The van der Waals surface area contributed by atoms with Gasteiger partial charge in [-0.05, 0) is 67.0 Å². The number of hydrogen-bond acceptors (Lipinski definition) is 4. The molecule has 28 heavy (non-hydrogen) atoms. The van der Waals surface area contributed by atoms with Crippen molar-refractivity contribution in [2.24, 2.45) is 0 Å². The van der Waals surface area contributed by atoms with E-state index >= 15 is 0 Å². The Morgan fingerprint density at radius 1 is 0.929 bits per heavy atom. The highest BCUT2D eigenvalue weighted by atomic mass is 16.5. The van der Waals surface area contributed by atoms with Crippen molar-refractivity contribution < 1.29 is 19.4 Å². The summed E-state index contributed by atoms with van der Waals surface area (Å²) in [6, 6.07) is 15.7. The van der Waals surface area contributed by atoms with Crippen LogP contribution in [0.4, 0.5) is 4.79 Å². The predicted octanol–water partition coefficient (Wildman–Crippen LogP) is 5.20. The zero-order chi connectivity index (χ0) is 20.4. The molecule has 0 aliphatic rings. The molecule has 2 N–H and O–H groups in total. The number of phenolic OH excluding ortho intramolecular Hbond substituents is 1. The van der Waals surface area contributed by atoms with Crippen LogP contribution in [0.2, 0.25) is 0 Å². The summed E-state index contributed by atoms with van der Waals surface area (Å²) in [7, 11) is 0. The molecule has 0 saturated heterocycles. The second-order valence-electron chi connectivity index (χ2n) is 6.69. The third-order valence-electron chi connectivity index (χ3n) is 4.91. The fourth-order valence-corrected chi connectivity index (χ4v) is 3.54. The van der Waals surface area contributed by atoms with Gasteiger partial charge < -0.3 is 19.9 Å². The smallest absolute Gasteiger partial charge is 0.407 e. The van der Waals surface area contributed by atoms with Crippen molar-refractivity contribution in [1.29, 1.82) is 0 Å². The topological polar surface area (TPSA) is 67.8 Å². The zero-order valence-corrected chi connectivity index (χ0v) is 17.0. The van der Waals surface area contributed by atoms with Gasteiger partial charge in [0.25, 0.3) is 0 Å². The largest absolute Gasteiger partial charge is 0.508 e. The van der Waals surface area contributed by atoms with E-state index < -0.39 is 6.09 Å². The minimum absolute atomic E-state index is 0.297. The number of rotatable bonds is 10. The van der Waals surface area contributed by atoms with Crippen LogP contribution in [0.15, 0.2) is 48.5 Å². The molecule has 0 saturated carbocycles. The van der Waals surface area contributed by atoms with E-state index in [-0.39, 0.29) is 0 Å². The Hall–Kier alpha value is -2.69. The lowest BCUT2D eigenvalue weighted by Crippen LogP contribution is -2.28. The number of amides is 1. The van der Waals surface area contributed by atoms with Gasteiger partial charge in [0.15, 0.2) is 0 Å². The molecule has 0 spiro atoms. The van der Waals surface area contributed by atoms with Crippen molar-refractivity contribution in [2.45, 2.75) is 45.4 Å². The molecule has 2 rings (SSSR count). The summed E-state index contributed by atoms with van der Waals surface area (Å²) in [5.41, 5.74) is 2.52. The lowest BCUT2D eigenvalue weighted by Gasteiger charge is -2.26. The molecule has 5 heteroatoms. The van der Waals surface area contributed by atoms with Gasteiger partial charge in [-0.15, -0.1) is 0 Å². The zero-order valence-electron chi connectivity index (χ0n) is 17.0. The molecule has 2 atom stereocenters. The van der Waals surface area contributed by atoms with E-state index in [0.29, 0.717) is 37.3 Å². The van der Waals surface area contributed by atoms with E-state index in [4.69, 9.17) is 9.47 Å². The molecule has 0 aliphatic heterocycles. The first-order valence-electron chi connectivity index (χ1n) is 10.0. The first-order chi connectivity index (χ1) is 13.6. The molecule has 152 valence electrons. The fourth-order valence-electron chi connectivity index (χ4n) is 3.54. The molecular weight excluding hydrogens is 353 g/mol. The molecule has 0 fully saturated rings. The summed E-state index contributed by atoms with van der Waals surface area (Å²) in [6.07, 6.45) is 1.64. The number of ether oxygens (including phenoxy) is 2. The number of carbonyl (C=O) groups is 1. The number of phenols is 1. The minimum Gasteiger partial charge on any atom is -0.508 e. The van der Waals surface area contributed by atoms with Gasteiger partial charge in [-0.25, -0.2) is 4.79 Å². The lowest BCUT2D eigenvalue weighted by molar-refractivity contribution is 0.150. The van der Waals surface area contributed by atoms with E-state index in [1.807, 2.05) is 24.3 Å². The Bertz CT molecular complexity index is 712. The van der Waals surface area contributed by atoms with Gasteiger partial charge in [0.05, 0.1) is 13.2 Å². The standard InChI is InChI=1S/C23H31NO4/c1-4-21(17-7-11-19(25)12-8-17)22(5-2)18-9-13-20(14-10-18)28-16-15-24-23(26)27-6-3/h7-14,21-22,25H,4-6,15-16H2,1-3H3,(H,24,26)/i23-1. The summed E-state index contributed by atoms with van der Waals surface area (Å²) in [5.74, 6) is 1.87. The highest BCUT2D eigenvalue weighted by molar-refractivity contribution is 5.66. The Morgan fingerprint density at radius 2 is 1.46 bits per heavy atom. The SMILES string of the molecule is CCO[11C](=O)NCCOc1ccc(C(CC)C(CC)c2ccc(O)cc2)cc1. The number of carbonyl (C=O) groups excluding carboxylic acids is 1. The third-order valence-corrected chi connectivity index (χ3v) is 4.91. The van der Waals surface area contributed by atoms with Gasteiger partial charge in [-0.3, -0.25) is 0 Å². The molecule has 2 unspecified atom stereocenters. The average molecular weight is 385 g/mol. The highest BCUT2D eigenvalue weighted by Crippen LogP contribution is 2.38. The fraction of sp³-hybridized carbons (Fsp3) is 0.435. The molecule has 5 nitrogen and oxygen atoms in total. The minimum atomic E-state index is -0.424. The number of benzene rings is 2. The number of aromatic hydroxyl groups is 1. The maximum absolute atomic E-state index is 11.2. The first kappa shape index (κ1) is 21.6. The van der Waals surface area contributed by atoms with Gasteiger partial charge in [-0.2, -0.15) is 0 Å². The Morgan fingerprint density at radius 3 is 1.96 bits per heavy atom. The molecule has 0 aliphatic carbocycles. The summed E-state index contributed by atoms with van der Waals surface area (Å²) in [4.78, 5) is 11.2. The first-order valence-corrected chi connectivity index (χ1v) is 10.0. The van der Waals surface area contributed by atoms with E-state index in [2.05, 4.69) is 31.3 Å². The quantitative estimate of drug-likeness (QED) is 0.552. The summed E-state index contributed by atoms with van der Waals surface area (Å²) in [6.45, 7) is 7.33. The Balaban J connectivity index is 1.97. The average Bonchev–Trinajstić information content (AvgIpc) is 2.71. The second-order valence-corrected chi connectivity index (χ2v) is 6.69. The lowest BCUT2D eigenvalue weighted by atomic mass is 9.78. The van der Waals surface area contributed by atoms with Crippen molar-refractivity contribution in [3.63, 3.8) is 0 Å². The third kappa shape index (κ3) is 6.19. The van der Waals surface area contributed by atoms with Crippen LogP contribution in [0.5, 0.6) is 11.5 Å². The summed E-state index contributed by atoms with van der Waals surface area (Å²) in [5, 5.41) is 12.2. The second kappa shape index (κ2) is 11.2. The number of hydrogen-bond donors (Lipinski definition) is 2. The van der Waals surface area contributed by atoms with Gasteiger partial charge in [0.2, 0.25) is 0 Å². The van der Waals surface area contributed by atoms with E-state index in [9.17, 15) is 9.90 Å². The van der Waals surface area contributed by atoms with Crippen molar-refractivity contribution >= 4 is 6.09 Å². The molecule has 0 radical (unpaired) electrons. The van der Waals surface area contributed by atoms with Crippen LogP contribution in [-0.4, -0.2) is 31.0 Å². The van der Waals surface area contributed by atoms with E-state index in [0.717, 1.165) is 18.6 Å². The van der Waals surface area contributed by atoms with E-state index in [1.54, 1.807) is 19.1 Å². The molecule has 2 aromatic rings. The molecule has 2 aromatic carbocycles. The van der Waals surface area contributed by atoms with E-state index in [1.165, 1.54) is 11.1 Å². The molecule has 0 bridgehead atoms. The summed E-state index contributed by atoms with van der Waals surface area (Å²) < 4.78 is 10.5. The predicted molar refractivity (Wildman–Crippen MR) is 111 cm³/mol. The Labute approximate surface area is 167 Å². The van der Waals surface area contributed by atoms with Crippen LogP contribution in [0, 0.1) is 0 Å². The van der Waals surface area contributed by atoms with Crippen molar-refractivity contribution in [3.05, 3.63) is 59.7 Å². The normalized spacial score (nSPS) is 12.8. The van der Waals surface area contributed by atoms with Crippen LogP contribution < -0.4 is 10.1 Å². The van der Waals surface area contributed by atoms with Crippen LogP contribution in [-0.2, 0) is 4.74 Å². The van der Waals surface area contributed by atoms with Crippen molar-refractivity contribution in [3.8, 4) is 11.5 Å². The maximum Gasteiger partial charge on any atom is 0.407 e. The number of alkyl carbamates (subject to hydrolysis) is 1. The monoisotopic (exact) mass is 384 g/mol. The van der Waals surface area contributed by atoms with Crippen LogP contribution >= 0.6 is 0 Å². The van der Waals surface area contributed by atoms with Gasteiger partial charge in [0, 0.05) is 0 Å². The van der Waals surface area contributed by atoms with Crippen LogP contribution in [0.3, 0.4) is 0 Å². The maximum atomic E-state index is 11.2.